The molecule has 1 saturated carbocycles. The van der Waals surface area contributed by atoms with Crippen molar-refractivity contribution in [3.63, 3.8) is 0 Å². The van der Waals surface area contributed by atoms with Gasteiger partial charge in [0.1, 0.15) is 0 Å². The number of carbonyl (C=O) groups excluding carboxylic acids is 1. The maximum atomic E-state index is 12.7. The van der Waals surface area contributed by atoms with Crippen LogP contribution in [0.25, 0.3) is 0 Å². The first-order valence-electron chi connectivity index (χ1n) is 7.69. The molecular weight excluding hydrogens is 266 g/mol. The Labute approximate surface area is 125 Å². The van der Waals surface area contributed by atoms with Crippen LogP contribution in [0.3, 0.4) is 0 Å². The molecule has 2 rings (SSSR count). The van der Waals surface area contributed by atoms with Gasteiger partial charge in [-0.05, 0) is 24.8 Å². The van der Waals surface area contributed by atoms with Crippen molar-refractivity contribution >= 4 is 11.9 Å². The summed E-state index contributed by atoms with van der Waals surface area (Å²) in [7, 11) is 0. The van der Waals surface area contributed by atoms with Gasteiger partial charge in [-0.25, -0.2) is 0 Å². The Morgan fingerprint density at radius 1 is 1.19 bits per heavy atom. The predicted octanol–water partition coefficient (Wildman–Crippen LogP) is 2.93. The topological polar surface area (TPSA) is 57.6 Å². The number of carboxylic acid groups (broad SMARTS) is 1. The van der Waals surface area contributed by atoms with E-state index < -0.39 is 11.9 Å². The molecule has 1 aromatic carbocycles. The second-order valence-corrected chi connectivity index (χ2v) is 5.73. The van der Waals surface area contributed by atoms with Crippen LogP contribution in [0.5, 0.6) is 0 Å². The van der Waals surface area contributed by atoms with Crippen LogP contribution in [0.1, 0.15) is 38.2 Å². The Morgan fingerprint density at radius 3 is 2.48 bits per heavy atom. The quantitative estimate of drug-likeness (QED) is 0.876. The van der Waals surface area contributed by atoms with Crippen molar-refractivity contribution in [1.29, 1.82) is 0 Å². The number of aliphatic carboxylic acids is 1. The molecule has 1 aliphatic rings. The van der Waals surface area contributed by atoms with Crippen molar-refractivity contribution < 1.29 is 14.7 Å². The Bertz CT molecular complexity index is 486. The van der Waals surface area contributed by atoms with Crippen molar-refractivity contribution in [2.24, 2.45) is 11.8 Å². The molecule has 2 atom stereocenters. The number of hydrogen-bond donors (Lipinski definition) is 1. The van der Waals surface area contributed by atoms with Crippen LogP contribution in [-0.2, 0) is 16.1 Å². The van der Waals surface area contributed by atoms with Gasteiger partial charge in [-0.1, -0.05) is 43.7 Å². The number of amides is 1. The van der Waals surface area contributed by atoms with Crippen LogP contribution in [0.4, 0.5) is 0 Å². The lowest BCUT2D eigenvalue weighted by atomic mass is 9.94. The number of benzene rings is 1. The average molecular weight is 289 g/mol. The number of rotatable bonds is 6. The van der Waals surface area contributed by atoms with Crippen LogP contribution in [-0.4, -0.2) is 28.4 Å². The van der Waals surface area contributed by atoms with Gasteiger partial charge in [0.15, 0.2) is 0 Å². The molecule has 1 aliphatic carbocycles. The standard InChI is InChI=1S/C17H23NO3/c1-2-11-18(12-13-7-4-3-5-8-13)16(19)14-9-6-10-15(14)17(20)21/h3-5,7-8,14-15H,2,6,9-12H2,1H3,(H,20,21)/t14-,15+/m1/s1. The molecule has 0 heterocycles. The fourth-order valence-electron chi connectivity index (χ4n) is 3.13. The van der Waals surface area contributed by atoms with E-state index in [1.807, 2.05) is 42.2 Å². The molecule has 0 aliphatic heterocycles. The lowest BCUT2D eigenvalue weighted by Crippen LogP contribution is -2.39. The highest BCUT2D eigenvalue weighted by molar-refractivity contribution is 5.85. The van der Waals surface area contributed by atoms with Gasteiger partial charge in [-0.15, -0.1) is 0 Å². The van der Waals surface area contributed by atoms with Crippen molar-refractivity contribution in [2.75, 3.05) is 6.54 Å². The van der Waals surface area contributed by atoms with Crippen LogP contribution in [0.2, 0.25) is 0 Å². The fraction of sp³-hybridized carbons (Fsp3) is 0.529. The van der Waals surface area contributed by atoms with Crippen molar-refractivity contribution in [1.82, 2.24) is 4.90 Å². The fourth-order valence-corrected chi connectivity index (χ4v) is 3.13. The summed E-state index contributed by atoms with van der Waals surface area (Å²) in [5.74, 6) is -1.68. The van der Waals surface area contributed by atoms with Gasteiger partial charge in [0, 0.05) is 13.1 Å². The molecule has 0 aromatic heterocycles. The minimum Gasteiger partial charge on any atom is -0.481 e. The number of carbonyl (C=O) groups is 2. The van der Waals surface area contributed by atoms with Crippen LogP contribution >= 0.6 is 0 Å². The lowest BCUT2D eigenvalue weighted by Gasteiger charge is -2.27. The van der Waals surface area contributed by atoms with Gasteiger partial charge in [-0.2, -0.15) is 0 Å². The summed E-state index contributed by atoms with van der Waals surface area (Å²) in [4.78, 5) is 25.8. The third kappa shape index (κ3) is 3.84. The molecule has 0 spiro atoms. The molecule has 0 bridgehead atoms. The minimum absolute atomic E-state index is 0.00519. The summed E-state index contributed by atoms with van der Waals surface area (Å²) in [5, 5.41) is 9.26. The van der Waals surface area contributed by atoms with Gasteiger partial charge in [0.2, 0.25) is 5.91 Å². The monoisotopic (exact) mass is 289 g/mol. The molecule has 0 unspecified atom stereocenters. The van der Waals surface area contributed by atoms with Gasteiger partial charge in [-0.3, -0.25) is 9.59 Å². The molecule has 4 nitrogen and oxygen atoms in total. The lowest BCUT2D eigenvalue weighted by molar-refractivity contribution is -0.149. The maximum Gasteiger partial charge on any atom is 0.307 e. The van der Waals surface area contributed by atoms with Crippen LogP contribution in [0, 0.1) is 11.8 Å². The molecule has 1 aromatic rings. The largest absolute Gasteiger partial charge is 0.481 e. The number of hydrogen-bond acceptors (Lipinski definition) is 2. The van der Waals surface area contributed by atoms with Crippen LogP contribution in [0.15, 0.2) is 30.3 Å². The first kappa shape index (κ1) is 15.5. The minimum atomic E-state index is -0.831. The summed E-state index contributed by atoms with van der Waals surface area (Å²) in [6, 6.07) is 9.87. The average Bonchev–Trinajstić information content (AvgIpc) is 2.97. The van der Waals surface area contributed by atoms with Gasteiger partial charge in [0.25, 0.3) is 0 Å². The highest BCUT2D eigenvalue weighted by Gasteiger charge is 2.39. The Morgan fingerprint density at radius 2 is 1.86 bits per heavy atom. The van der Waals surface area contributed by atoms with E-state index in [9.17, 15) is 14.7 Å². The zero-order valence-corrected chi connectivity index (χ0v) is 12.5. The predicted molar refractivity (Wildman–Crippen MR) is 80.6 cm³/mol. The third-order valence-corrected chi connectivity index (χ3v) is 4.17. The van der Waals surface area contributed by atoms with Crippen molar-refractivity contribution in [3.8, 4) is 0 Å². The first-order valence-corrected chi connectivity index (χ1v) is 7.69. The molecule has 1 fully saturated rings. The molecular formula is C17H23NO3. The van der Waals surface area contributed by atoms with Gasteiger partial charge in [0.05, 0.1) is 11.8 Å². The van der Waals surface area contributed by atoms with E-state index in [-0.39, 0.29) is 11.8 Å². The molecule has 1 amide bonds. The first-order chi connectivity index (χ1) is 10.1. The Balaban J connectivity index is 2.10. The van der Waals surface area contributed by atoms with E-state index in [2.05, 4.69) is 0 Å². The van der Waals surface area contributed by atoms with Gasteiger partial charge < -0.3 is 10.0 Å². The maximum absolute atomic E-state index is 12.7. The normalized spacial score (nSPS) is 21.2. The van der Waals surface area contributed by atoms with Gasteiger partial charge >= 0.3 is 5.97 Å². The highest BCUT2D eigenvalue weighted by Crippen LogP contribution is 2.33. The van der Waals surface area contributed by atoms with E-state index in [0.717, 1.165) is 18.4 Å². The number of nitrogens with zero attached hydrogens (tertiary/aromatic N) is 1. The zero-order chi connectivity index (χ0) is 15.2. The summed E-state index contributed by atoms with van der Waals surface area (Å²) < 4.78 is 0. The molecule has 21 heavy (non-hydrogen) atoms. The van der Waals surface area contributed by atoms with E-state index in [1.165, 1.54) is 0 Å². The van der Waals surface area contributed by atoms with Crippen molar-refractivity contribution in [3.05, 3.63) is 35.9 Å². The number of carboxylic acids is 1. The third-order valence-electron chi connectivity index (χ3n) is 4.17. The molecule has 0 saturated heterocycles. The summed E-state index contributed by atoms with van der Waals surface area (Å²) >= 11 is 0. The second kappa shape index (κ2) is 7.25. The zero-order valence-electron chi connectivity index (χ0n) is 12.5. The Kier molecular flexibility index (Phi) is 5.37. The van der Waals surface area contributed by atoms with E-state index >= 15 is 0 Å². The molecule has 114 valence electrons. The second-order valence-electron chi connectivity index (χ2n) is 5.73. The molecule has 1 N–H and O–H groups in total. The summed E-state index contributed by atoms with van der Waals surface area (Å²) in [6.07, 6.45) is 3.03. The SMILES string of the molecule is CCCN(Cc1ccccc1)C(=O)[C@@H]1CCC[C@@H]1C(=O)O. The van der Waals surface area contributed by atoms with Crippen LogP contribution < -0.4 is 0 Å². The highest BCUT2D eigenvalue weighted by atomic mass is 16.4. The molecule has 0 radical (unpaired) electrons. The van der Waals surface area contributed by atoms with E-state index in [4.69, 9.17) is 0 Å². The summed E-state index contributed by atoms with van der Waals surface area (Å²) in [6.45, 7) is 3.28. The van der Waals surface area contributed by atoms with Crippen molar-refractivity contribution in [2.45, 2.75) is 39.2 Å². The summed E-state index contributed by atoms with van der Waals surface area (Å²) in [5.41, 5.74) is 1.09. The molecule has 4 heteroatoms. The smallest absolute Gasteiger partial charge is 0.307 e. The van der Waals surface area contributed by atoms with E-state index in [1.54, 1.807) is 0 Å². The van der Waals surface area contributed by atoms with E-state index in [0.29, 0.717) is 25.9 Å². The Hall–Kier alpha value is -1.84.